The van der Waals surface area contributed by atoms with Gasteiger partial charge in [-0.15, -0.1) is 22.0 Å². The summed E-state index contributed by atoms with van der Waals surface area (Å²) >= 11 is 1.37. The van der Waals surface area contributed by atoms with Gasteiger partial charge in [0.25, 0.3) is 5.91 Å². The Labute approximate surface area is 79.4 Å². The lowest BCUT2D eigenvalue weighted by Crippen LogP contribution is -2.13. The maximum absolute atomic E-state index is 10.6. The molecule has 0 saturated heterocycles. The van der Waals surface area contributed by atoms with Gasteiger partial charge in [0.1, 0.15) is 5.03 Å². The van der Waals surface area contributed by atoms with Crippen LogP contribution in [0.2, 0.25) is 0 Å². The summed E-state index contributed by atoms with van der Waals surface area (Å²) in [5, 5.41) is 16.5. The highest BCUT2D eigenvalue weighted by atomic mass is 32.2. The number of aliphatic hydroxyl groups is 1. The Morgan fingerprint density at radius 3 is 2.77 bits per heavy atom. The molecule has 1 heterocycles. The highest BCUT2D eigenvalue weighted by Gasteiger charge is 2.02. The molecular formula is C7H9N3O2S. The first-order valence-electron chi connectivity index (χ1n) is 3.61. The van der Waals surface area contributed by atoms with Crippen molar-refractivity contribution in [3.8, 4) is 0 Å². The number of thioether (sulfide) groups is 1. The van der Waals surface area contributed by atoms with Crippen molar-refractivity contribution in [2.24, 2.45) is 5.73 Å². The topological polar surface area (TPSA) is 89.1 Å². The minimum atomic E-state index is -0.591. The molecule has 0 saturated carbocycles. The van der Waals surface area contributed by atoms with Crippen LogP contribution in [0.15, 0.2) is 17.2 Å². The van der Waals surface area contributed by atoms with Crippen molar-refractivity contribution in [2.45, 2.75) is 5.03 Å². The van der Waals surface area contributed by atoms with E-state index in [0.717, 1.165) is 0 Å². The van der Waals surface area contributed by atoms with Gasteiger partial charge < -0.3 is 10.8 Å². The number of carbonyl (C=O) groups is 1. The predicted octanol–water partition coefficient (Wildman–Crippen LogP) is -0.340. The molecule has 0 aliphatic rings. The van der Waals surface area contributed by atoms with Crippen LogP contribution in [0.3, 0.4) is 0 Å². The molecule has 6 heteroatoms. The van der Waals surface area contributed by atoms with Crippen LogP contribution in [0.25, 0.3) is 0 Å². The van der Waals surface area contributed by atoms with Crippen molar-refractivity contribution in [3.05, 3.63) is 17.8 Å². The summed E-state index contributed by atoms with van der Waals surface area (Å²) in [5.74, 6) is -0.0314. The number of aliphatic hydroxyl groups excluding tert-OH is 1. The zero-order valence-corrected chi connectivity index (χ0v) is 7.62. The Morgan fingerprint density at radius 2 is 2.31 bits per heavy atom. The van der Waals surface area contributed by atoms with Crippen LogP contribution >= 0.6 is 11.8 Å². The maximum atomic E-state index is 10.6. The van der Waals surface area contributed by atoms with Crippen molar-refractivity contribution in [2.75, 3.05) is 12.4 Å². The average molecular weight is 199 g/mol. The zero-order valence-electron chi connectivity index (χ0n) is 6.80. The van der Waals surface area contributed by atoms with Gasteiger partial charge in [-0.1, -0.05) is 0 Å². The number of primary amides is 1. The van der Waals surface area contributed by atoms with Gasteiger partial charge >= 0.3 is 0 Å². The smallest absolute Gasteiger partial charge is 0.269 e. The second-order valence-corrected chi connectivity index (χ2v) is 3.31. The number of hydrogen-bond acceptors (Lipinski definition) is 5. The molecule has 3 N–H and O–H groups in total. The quantitative estimate of drug-likeness (QED) is 0.647. The maximum Gasteiger partial charge on any atom is 0.269 e. The van der Waals surface area contributed by atoms with E-state index in [1.165, 1.54) is 17.8 Å². The van der Waals surface area contributed by atoms with Gasteiger partial charge in [-0.3, -0.25) is 4.79 Å². The van der Waals surface area contributed by atoms with Crippen LogP contribution in [-0.4, -0.2) is 33.6 Å². The van der Waals surface area contributed by atoms with E-state index in [1.54, 1.807) is 6.07 Å². The summed E-state index contributed by atoms with van der Waals surface area (Å²) in [5.41, 5.74) is 5.12. The standard InChI is InChI=1S/C7H9N3O2S/c8-7(12)5-1-2-6(10-9-5)13-4-3-11/h1-2,11H,3-4H2,(H2,8,12). The van der Waals surface area contributed by atoms with Gasteiger partial charge in [0.15, 0.2) is 5.69 Å². The van der Waals surface area contributed by atoms with Gasteiger partial charge in [0, 0.05) is 5.75 Å². The molecule has 0 bridgehead atoms. The molecule has 0 spiro atoms. The summed E-state index contributed by atoms with van der Waals surface area (Å²) < 4.78 is 0. The van der Waals surface area contributed by atoms with Crippen LogP contribution in [0, 0.1) is 0 Å². The fourth-order valence-electron chi connectivity index (χ4n) is 0.679. The van der Waals surface area contributed by atoms with Crippen molar-refractivity contribution in [1.29, 1.82) is 0 Å². The SMILES string of the molecule is NC(=O)c1ccc(SCCO)nn1. The molecule has 0 aliphatic heterocycles. The predicted molar refractivity (Wildman–Crippen MR) is 48.4 cm³/mol. The van der Waals surface area contributed by atoms with Crippen molar-refractivity contribution >= 4 is 17.7 Å². The second kappa shape index (κ2) is 4.78. The van der Waals surface area contributed by atoms with Crippen LogP contribution in [-0.2, 0) is 0 Å². The second-order valence-electron chi connectivity index (χ2n) is 2.19. The Hall–Kier alpha value is -1.14. The summed E-state index contributed by atoms with van der Waals surface area (Å²) in [6.45, 7) is 0.0872. The molecule has 1 amide bonds. The van der Waals surface area contributed by atoms with E-state index in [1.807, 2.05) is 0 Å². The van der Waals surface area contributed by atoms with Gasteiger partial charge in [-0.05, 0) is 12.1 Å². The Kier molecular flexibility index (Phi) is 3.66. The number of nitrogens with zero attached hydrogens (tertiary/aromatic N) is 2. The first kappa shape index (κ1) is 9.94. The molecule has 1 aromatic heterocycles. The van der Waals surface area contributed by atoms with E-state index in [0.29, 0.717) is 10.8 Å². The molecule has 1 rings (SSSR count). The number of aromatic nitrogens is 2. The van der Waals surface area contributed by atoms with Crippen LogP contribution in [0.4, 0.5) is 0 Å². The first-order valence-corrected chi connectivity index (χ1v) is 4.60. The highest BCUT2D eigenvalue weighted by Crippen LogP contribution is 2.12. The van der Waals surface area contributed by atoms with E-state index in [9.17, 15) is 4.79 Å². The molecule has 0 unspecified atom stereocenters. The third-order valence-corrected chi connectivity index (χ3v) is 2.13. The minimum Gasteiger partial charge on any atom is -0.396 e. The molecule has 0 fully saturated rings. The number of nitrogens with two attached hydrogens (primary N) is 1. The lowest BCUT2D eigenvalue weighted by molar-refractivity contribution is 0.0994. The van der Waals surface area contributed by atoms with Crippen molar-refractivity contribution < 1.29 is 9.90 Å². The van der Waals surface area contributed by atoms with E-state index in [2.05, 4.69) is 10.2 Å². The monoisotopic (exact) mass is 199 g/mol. The molecule has 0 radical (unpaired) electrons. The van der Waals surface area contributed by atoms with Crippen molar-refractivity contribution in [1.82, 2.24) is 10.2 Å². The largest absolute Gasteiger partial charge is 0.396 e. The third kappa shape index (κ3) is 3.00. The van der Waals surface area contributed by atoms with E-state index in [-0.39, 0.29) is 12.3 Å². The van der Waals surface area contributed by atoms with Crippen LogP contribution < -0.4 is 5.73 Å². The number of amides is 1. The minimum absolute atomic E-state index is 0.0872. The normalized spacial score (nSPS) is 9.92. The number of hydrogen-bond donors (Lipinski definition) is 2. The van der Waals surface area contributed by atoms with E-state index in [4.69, 9.17) is 10.8 Å². The highest BCUT2D eigenvalue weighted by molar-refractivity contribution is 7.99. The molecule has 1 aromatic rings. The van der Waals surface area contributed by atoms with Gasteiger partial charge in [-0.25, -0.2) is 0 Å². The zero-order chi connectivity index (χ0) is 9.68. The first-order chi connectivity index (χ1) is 6.24. The lowest BCUT2D eigenvalue weighted by atomic mass is 10.4. The van der Waals surface area contributed by atoms with Gasteiger partial charge in [0.05, 0.1) is 6.61 Å². The fourth-order valence-corrected chi connectivity index (χ4v) is 1.24. The Morgan fingerprint density at radius 1 is 1.54 bits per heavy atom. The van der Waals surface area contributed by atoms with E-state index >= 15 is 0 Å². The Bertz CT molecular complexity index is 288. The van der Waals surface area contributed by atoms with Crippen LogP contribution in [0.5, 0.6) is 0 Å². The summed E-state index contributed by atoms with van der Waals surface area (Å²) in [6, 6.07) is 3.16. The lowest BCUT2D eigenvalue weighted by Gasteiger charge is -1.97. The summed E-state index contributed by atoms with van der Waals surface area (Å²) in [6.07, 6.45) is 0. The number of carbonyl (C=O) groups excluding carboxylic acids is 1. The molecule has 13 heavy (non-hydrogen) atoms. The van der Waals surface area contributed by atoms with Gasteiger partial charge in [0.2, 0.25) is 0 Å². The van der Waals surface area contributed by atoms with Crippen molar-refractivity contribution in [3.63, 3.8) is 0 Å². The average Bonchev–Trinajstić information content (AvgIpc) is 2.15. The molecule has 0 aromatic carbocycles. The molecular weight excluding hydrogens is 190 g/mol. The fraction of sp³-hybridized carbons (Fsp3) is 0.286. The molecule has 0 atom stereocenters. The summed E-state index contributed by atoms with van der Waals surface area (Å²) in [7, 11) is 0. The summed E-state index contributed by atoms with van der Waals surface area (Å²) in [4.78, 5) is 10.6. The molecule has 5 nitrogen and oxygen atoms in total. The third-order valence-electron chi connectivity index (χ3n) is 1.23. The number of rotatable bonds is 4. The Balaban J connectivity index is 2.64. The molecule has 70 valence electrons. The van der Waals surface area contributed by atoms with Crippen LogP contribution in [0.1, 0.15) is 10.5 Å². The van der Waals surface area contributed by atoms with E-state index < -0.39 is 5.91 Å². The van der Waals surface area contributed by atoms with Gasteiger partial charge in [-0.2, -0.15) is 0 Å². The molecule has 0 aliphatic carbocycles.